The lowest BCUT2D eigenvalue weighted by atomic mass is 10.2. The minimum Gasteiger partial charge on any atom is -0.441 e. The van der Waals surface area contributed by atoms with Gasteiger partial charge in [-0.2, -0.15) is 0 Å². The molecule has 3 aromatic rings. The van der Waals surface area contributed by atoms with E-state index >= 15 is 0 Å². The molecule has 1 amide bonds. The maximum Gasteiger partial charge on any atom is 0.257 e. The van der Waals surface area contributed by atoms with Crippen LogP contribution in [0.5, 0.6) is 0 Å². The van der Waals surface area contributed by atoms with Gasteiger partial charge in [0.1, 0.15) is 11.3 Å². The van der Waals surface area contributed by atoms with Crippen LogP contribution >= 0.6 is 23.2 Å². The quantitative estimate of drug-likeness (QED) is 0.668. The topological polar surface area (TPSA) is 55.1 Å². The van der Waals surface area contributed by atoms with E-state index in [2.05, 4.69) is 10.3 Å². The number of nitrogens with zero attached hydrogens (tertiary/aromatic N) is 1. The Morgan fingerprint density at radius 3 is 2.78 bits per heavy atom. The highest BCUT2D eigenvalue weighted by Crippen LogP contribution is 2.26. The summed E-state index contributed by atoms with van der Waals surface area (Å²) in [6.07, 6.45) is 0.677. The maximum atomic E-state index is 13.5. The van der Waals surface area contributed by atoms with Gasteiger partial charge < -0.3 is 9.73 Å². The van der Waals surface area contributed by atoms with Gasteiger partial charge in [-0.05, 0) is 30.3 Å². The number of fused-ring (bicyclic) bond motifs is 1. The average Bonchev–Trinajstić information content (AvgIpc) is 2.93. The van der Waals surface area contributed by atoms with Gasteiger partial charge in [0.2, 0.25) is 0 Å². The van der Waals surface area contributed by atoms with Gasteiger partial charge in [-0.15, -0.1) is 0 Å². The Bertz CT molecular complexity index is 908. The summed E-state index contributed by atoms with van der Waals surface area (Å²) in [5.74, 6) is -0.629. The van der Waals surface area contributed by atoms with E-state index in [1.54, 1.807) is 18.2 Å². The van der Waals surface area contributed by atoms with Crippen molar-refractivity contribution in [3.63, 3.8) is 0 Å². The normalized spacial score (nSPS) is 11.0. The summed E-state index contributed by atoms with van der Waals surface area (Å²) >= 11 is 11.6. The lowest BCUT2D eigenvalue weighted by molar-refractivity contribution is 0.102. The van der Waals surface area contributed by atoms with E-state index < -0.39 is 11.7 Å². The van der Waals surface area contributed by atoms with Crippen LogP contribution in [0.15, 0.2) is 34.7 Å². The van der Waals surface area contributed by atoms with Crippen molar-refractivity contribution in [2.75, 3.05) is 5.32 Å². The molecular weight excluding hydrogens is 342 g/mol. The molecule has 7 heteroatoms. The van der Waals surface area contributed by atoms with E-state index in [-0.39, 0.29) is 15.6 Å². The monoisotopic (exact) mass is 352 g/mol. The van der Waals surface area contributed by atoms with Crippen molar-refractivity contribution in [1.82, 2.24) is 4.98 Å². The first-order chi connectivity index (χ1) is 11.0. The lowest BCUT2D eigenvalue weighted by Gasteiger charge is -2.07. The highest BCUT2D eigenvalue weighted by molar-refractivity contribution is 6.37. The van der Waals surface area contributed by atoms with Gasteiger partial charge in [-0.25, -0.2) is 9.37 Å². The molecule has 3 rings (SSSR count). The zero-order chi connectivity index (χ0) is 16.6. The SMILES string of the molecule is CCc1nc2cc(NC(=O)c3cc(F)c(Cl)cc3Cl)ccc2o1. The van der Waals surface area contributed by atoms with Crippen molar-refractivity contribution < 1.29 is 13.6 Å². The van der Waals surface area contributed by atoms with Crippen LogP contribution in [0.2, 0.25) is 10.0 Å². The van der Waals surface area contributed by atoms with E-state index in [0.717, 1.165) is 6.07 Å². The molecule has 1 heterocycles. The third kappa shape index (κ3) is 3.16. The third-order valence-corrected chi connectivity index (χ3v) is 3.85. The Kier molecular flexibility index (Phi) is 4.24. The van der Waals surface area contributed by atoms with Crippen LogP contribution in [0.3, 0.4) is 0 Å². The predicted molar refractivity (Wildman–Crippen MR) is 87.8 cm³/mol. The third-order valence-electron chi connectivity index (χ3n) is 3.25. The zero-order valence-electron chi connectivity index (χ0n) is 12.0. The number of hydrogen-bond donors (Lipinski definition) is 1. The number of oxazole rings is 1. The van der Waals surface area contributed by atoms with Gasteiger partial charge in [-0.1, -0.05) is 30.1 Å². The summed E-state index contributed by atoms with van der Waals surface area (Å²) in [6.45, 7) is 1.94. The molecule has 4 nitrogen and oxygen atoms in total. The zero-order valence-corrected chi connectivity index (χ0v) is 13.5. The molecule has 2 aromatic carbocycles. The summed E-state index contributed by atoms with van der Waals surface area (Å²) in [5.41, 5.74) is 1.77. The number of carbonyl (C=O) groups excluding carboxylic acids is 1. The fraction of sp³-hybridized carbons (Fsp3) is 0.125. The van der Waals surface area contributed by atoms with Crippen molar-refractivity contribution in [2.45, 2.75) is 13.3 Å². The molecule has 0 spiro atoms. The van der Waals surface area contributed by atoms with Crippen LogP contribution in [-0.4, -0.2) is 10.9 Å². The molecule has 0 fully saturated rings. The molecular formula is C16H11Cl2FN2O2. The van der Waals surface area contributed by atoms with Crippen LogP contribution in [0.4, 0.5) is 10.1 Å². The van der Waals surface area contributed by atoms with Crippen LogP contribution in [0.25, 0.3) is 11.1 Å². The van der Waals surface area contributed by atoms with E-state index in [0.29, 0.717) is 29.1 Å². The fourth-order valence-corrected chi connectivity index (χ4v) is 2.57. The molecule has 0 aliphatic rings. The van der Waals surface area contributed by atoms with Gasteiger partial charge >= 0.3 is 0 Å². The Balaban J connectivity index is 1.89. The summed E-state index contributed by atoms with van der Waals surface area (Å²) < 4.78 is 19.0. The van der Waals surface area contributed by atoms with Crippen LogP contribution in [-0.2, 0) is 6.42 Å². The molecule has 1 aromatic heterocycles. The number of rotatable bonds is 3. The van der Waals surface area contributed by atoms with Crippen LogP contribution < -0.4 is 5.32 Å². The largest absolute Gasteiger partial charge is 0.441 e. The van der Waals surface area contributed by atoms with Gasteiger partial charge in [-0.3, -0.25) is 4.79 Å². The number of benzene rings is 2. The van der Waals surface area contributed by atoms with Crippen molar-refractivity contribution in [3.8, 4) is 0 Å². The minimum atomic E-state index is -0.708. The molecule has 0 saturated heterocycles. The molecule has 0 unspecified atom stereocenters. The second-order valence-electron chi connectivity index (χ2n) is 4.84. The number of carbonyl (C=O) groups is 1. The maximum absolute atomic E-state index is 13.5. The van der Waals surface area contributed by atoms with E-state index in [9.17, 15) is 9.18 Å². The Morgan fingerprint density at radius 1 is 1.26 bits per heavy atom. The Hall–Kier alpha value is -2.11. The Morgan fingerprint density at radius 2 is 2.04 bits per heavy atom. The number of aromatic nitrogens is 1. The molecule has 0 radical (unpaired) electrons. The molecule has 0 bridgehead atoms. The number of nitrogens with one attached hydrogen (secondary N) is 1. The molecule has 0 aliphatic heterocycles. The standard InChI is InChI=1S/C16H11Cl2FN2O2/c1-2-15-21-13-5-8(3-4-14(13)23-15)20-16(22)9-6-12(19)11(18)7-10(9)17/h3-7H,2H2,1H3,(H,20,22). The van der Waals surface area contributed by atoms with Crippen LogP contribution in [0.1, 0.15) is 23.2 Å². The fourth-order valence-electron chi connectivity index (χ4n) is 2.10. The van der Waals surface area contributed by atoms with Crippen molar-refractivity contribution in [3.05, 3.63) is 57.6 Å². The van der Waals surface area contributed by atoms with Gasteiger partial charge in [0.15, 0.2) is 11.5 Å². The minimum absolute atomic E-state index is 0.00284. The van der Waals surface area contributed by atoms with E-state index in [1.807, 2.05) is 6.92 Å². The number of aryl methyl sites for hydroxylation is 1. The second-order valence-corrected chi connectivity index (χ2v) is 5.66. The molecule has 118 valence electrons. The Labute approximate surface area is 141 Å². The van der Waals surface area contributed by atoms with Crippen molar-refractivity contribution in [2.24, 2.45) is 0 Å². The molecule has 0 aliphatic carbocycles. The molecule has 0 saturated carbocycles. The van der Waals surface area contributed by atoms with Gasteiger partial charge in [0, 0.05) is 12.1 Å². The summed E-state index contributed by atoms with van der Waals surface area (Å²) in [4.78, 5) is 16.5. The summed E-state index contributed by atoms with van der Waals surface area (Å²) in [6, 6.07) is 7.26. The number of halogens is 3. The molecule has 23 heavy (non-hydrogen) atoms. The number of amides is 1. The lowest BCUT2D eigenvalue weighted by Crippen LogP contribution is -2.12. The second kappa shape index (κ2) is 6.18. The number of anilines is 1. The molecule has 0 atom stereocenters. The van der Waals surface area contributed by atoms with Crippen molar-refractivity contribution >= 4 is 45.9 Å². The predicted octanol–water partition coefficient (Wildman–Crippen LogP) is 5.09. The highest BCUT2D eigenvalue weighted by Gasteiger charge is 2.15. The number of hydrogen-bond acceptors (Lipinski definition) is 3. The first-order valence-corrected chi connectivity index (χ1v) is 7.59. The van der Waals surface area contributed by atoms with E-state index in [1.165, 1.54) is 6.07 Å². The van der Waals surface area contributed by atoms with Crippen LogP contribution in [0, 0.1) is 5.82 Å². The first kappa shape index (κ1) is 15.8. The summed E-state index contributed by atoms with van der Waals surface area (Å²) in [7, 11) is 0. The average molecular weight is 353 g/mol. The first-order valence-electron chi connectivity index (χ1n) is 6.83. The van der Waals surface area contributed by atoms with Gasteiger partial charge in [0.05, 0.1) is 15.6 Å². The van der Waals surface area contributed by atoms with Gasteiger partial charge in [0.25, 0.3) is 5.91 Å². The summed E-state index contributed by atoms with van der Waals surface area (Å²) in [5, 5.41) is 2.59. The van der Waals surface area contributed by atoms with E-state index in [4.69, 9.17) is 27.6 Å². The van der Waals surface area contributed by atoms with Crippen molar-refractivity contribution in [1.29, 1.82) is 0 Å². The molecule has 1 N–H and O–H groups in total. The highest BCUT2D eigenvalue weighted by atomic mass is 35.5. The smallest absolute Gasteiger partial charge is 0.257 e.